The van der Waals surface area contributed by atoms with Crippen LogP contribution in [0.5, 0.6) is 5.75 Å². The fourth-order valence-corrected chi connectivity index (χ4v) is 3.01. The summed E-state index contributed by atoms with van der Waals surface area (Å²) < 4.78 is 7.03. The van der Waals surface area contributed by atoms with E-state index in [4.69, 9.17) is 16.3 Å². The van der Waals surface area contributed by atoms with Gasteiger partial charge < -0.3 is 10.1 Å². The second-order valence-corrected chi connectivity index (χ2v) is 6.31. The van der Waals surface area contributed by atoms with Gasteiger partial charge >= 0.3 is 0 Å². The van der Waals surface area contributed by atoms with Crippen molar-refractivity contribution in [1.29, 1.82) is 0 Å². The maximum absolute atomic E-state index is 6.12. The SMILES string of the molecule is Cc1c(Cl)cccc1NCC1Cc2cc(Br)ccc2O1. The van der Waals surface area contributed by atoms with E-state index in [0.717, 1.165) is 39.5 Å². The van der Waals surface area contributed by atoms with E-state index in [0.29, 0.717) is 0 Å². The van der Waals surface area contributed by atoms with Gasteiger partial charge in [-0.2, -0.15) is 0 Å². The van der Waals surface area contributed by atoms with Crippen molar-refractivity contribution in [3.63, 3.8) is 0 Å². The zero-order chi connectivity index (χ0) is 14.1. The van der Waals surface area contributed by atoms with Crippen LogP contribution in [0, 0.1) is 6.92 Å². The molecule has 0 aliphatic carbocycles. The molecule has 1 N–H and O–H groups in total. The molecule has 3 rings (SSSR count). The van der Waals surface area contributed by atoms with Crippen LogP contribution in [0.4, 0.5) is 5.69 Å². The molecule has 0 radical (unpaired) electrons. The van der Waals surface area contributed by atoms with Crippen molar-refractivity contribution in [2.45, 2.75) is 19.4 Å². The van der Waals surface area contributed by atoms with E-state index >= 15 is 0 Å². The van der Waals surface area contributed by atoms with Crippen LogP contribution in [0.2, 0.25) is 5.02 Å². The Bertz CT molecular complexity index is 644. The molecule has 1 unspecified atom stereocenters. The number of hydrogen-bond donors (Lipinski definition) is 1. The van der Waals surface area contributed by atoms with E-state index in [1.165, 1.54) is 5.56 Å². The Kier molecular flexibility index (Phi) is 3.90. The Morgan fingerprint density at radius 1 is 1.35 bits per heavy atom. The standard InChI is InChI=1S/C16H15BrClNO/c1-10-14(18)3-2-4-15(10)19-9-13-8-11-7-12(17)5-6-16(11)20-13/h2-7,13,19H,8-9H2,1H3. The number of halogens is 2. The maximum Gasteiger partial charge on any atom is 0.123 e. The third-order valence-electron chi connectivity index (χ3n) is 3.55. The number of rotatable bonds is 3. The number of benzene rings is 2. The van der Waals surface area contributed by atoms with E-state index in [-0.39, 0.29) is 6.10 Å². The van der Waals surface area contributed by atoms with Gasteiger partial charge in [-0.05, 0) is 48.4 Å². The molecular formula is C16H15BrClNO. The lowest BCUT2D eigenvalue weighted by molar-refractivity contribution is 0.246. The minimum Gasteiger partial charge on any atom is -0.488 e. The molecule has 0 saturated heterocycles. The third-order valence-corrected chi connectivity index (χ3v) is 4.45. The number of nitrogens with one attached hydrogen (secondary N) is 1. The lowest BCUT2D eigenvalue weighted by Crippen LogP contribution is -2.24. The first kappa shape index (κ1) is 13.8. The molecule has 0 saturated carbocycles. The van der Waals surface area contributed by atoms with Gasteiger partial charge in [0.2, 0.25) is 0 Å². The number of ether oxygens (including phenoxy) is 1. The van der Waals surface area contributed by atoms with Crippen molar-refractivity contribution in [2.24, 2.45) is 0 Å². The highest BCUT2D eigenvalue weighted by atomic mass is 79.9. The van der Waals surface area contributed by atoms with Gasteiger partial charge in [-0.15, -0.1) is 0 Å². The van der Waals surface area contributed by atoms with Crippen molar-refractivity contribution < 1.29 is 4.74 Å². The van der Waals surface area contributed by atoms with E-state index in [9.17, 15) is 0 Å². The molecule has 104 valence electrons. The third kappa shape index (κ3) is 2.79. The summed E-state index contributed by atoms with van der Waals surface area (Å²) in [7, 11) is 0. The largest absolute Gasteiger partial charge is 0.488 e. The van der Waals surface area contributed by atoms with Crippen LogP contribution >= 0.6 is 27.5 Å². The van der Waals surface area contributed by atoms with Crippen LogP contribution in [0.15, 0.2) is 40.9 Å². The Balaban J connectivity index is 1.65. The molecule has 1 heterocycles. The highest BCUT2D eigenvalue weighted by Gasteiger charge is 2.22. The van der Waals surface area contributed by atoms with Gasteiger partial charge in [-0.3, -0.25) is 0 Å². The van der Waals surface area contributed by atoms with E-state index < -0.39 is 0 Å². The van der Waals surface area contributed by atoms with Crippen LogP contribution < -0.4 is 10.1 Å². The molecule has 1 atom stereocenters. The predicted molar refractivity (Wildman–Crippen MR) is 86.9 cm³/mol. The molecule has 0 amide bonds. The molecular weight excluding hydrogens is 338 g/mol. The van der Waals surface area contributed by atoms with Gasteiger partial charge in [-0.1, -0.05) is 33.6 Å². The van der Waals surface area contributed by atoms with Gasteiger partial charge in [-0.25, -0.2) is 0 Å². The monoisotopic (exact) mass is 351 g/mol. The summed E-state index contributed by atoms with van der Waals surface area (Å²) in [5.41, 5.74) is 3.40. The summed E-state index contributed by atoms with van der Waals surface area (Å²) in [5.74, 6) is 0.989. The maximum atomic E-state index is 6.12. The first-order valence-corrected chi connectivity index (χ1v) is 7.74. The summed E-state index contributed by atoms with van der Waals surface area (Å²) >= 11 is 9.62. The van der Waals surface area contributed by atoms with Crippen LogP contribution in [-0.4, -0.2) is 12.6 Å². The molecule has 4 heteroatoms. The van der Waals surface area contributed by atoms with Crippen molar-refractivity contribution in [2.75, 3.05) is 11.9 Å². The molecule has 2 aromatic carbocycles. The van der Waals surface area contributed by atoms with Gasteiger partial charge in [0, 0.05) is 21.6 Å². The van der Waals surface area contributed by atoms with Crippen LogP contribution in [0.3, 0.4) is 0 Å². The fourth-order valence-electron chi connectivity index (χ4n) is 2.43. The molecule has 0 bridgehead atoms. The Labute approximate surface area is 132 Å². The molecule has 0 aromatic heterocycles. The summed E-state index contributed by atoms with van der Waals surface area (Å²) in [6.07, 6.45) is 1.10. The average Bonchev–Trinajstić information content (AvgIpc) is 2.82. The van der Waals surface area contributed by atoms with Crippen molar-refractivity contribution in [3.05, 3.63) is 57.0 Å². The molecule has 1 aliphatic heterocycles. The quantitative estimate of drug-likeness (QED) is 0.854. The first-order chi connectivity index (χ1) is 9.63. The second kappa shape index (κ2) is 5.66. The van der Waals surface area contributed by atoms with Crippen LogP contribution in [0.1, 0.15) is 11.1 Å². The summed E-state index contributed by atoms with van der Waals surface area (Å²) in [6, 6.07) is 12.1. The zero-order valence-electron chi connectivity index (χ0n) is 11.1. The van der Waals surface area contributed by atoms with Gasteiger partial charge in [0.05, 0.1) is 6.54 Å². The topological polar surface area (TPSA) is 21.3 Å². The average molecular weight is 353 g/mol. The molecule has 20 heavy (non-hydrogen) atoms. The lowest BCUT2D eigenvalue weighted by Gasteiger charge is -2.15. The van der Waals surface area contributed by atoms with Crippen molar-refractivity contribution in [3.8, 4) is 5.75 Å². The molecule has 2 aromatic rings. The van der Waals surface area contributed by atoms with E-state index in [1.54, 1.807) is 0 Å². The minimum absolute atomic E-state index is 0.165. The highest BCUT2D eigenvalue weighted by molar-refractivity contribution is 9.10. The Hall–Kier alpha value is -1.19. The molecule has 0 fully saturated rings. The molecule has 1 aliphatic rings. The van der Waals surface area contributed by atoms with Gasteiger partial charge in [0.15, 0.2) is 0 Å². The Morgan fingerprint density at radius 2 is 2.20 bits per heavy atom. The second-order valence-electron chi connectivity index (χ2n) is 4.99. The number of fused-ring (bicyclic) bond motifs is 1. The fraction of sp³-hybridized carbons (Fsp3) is 0.250. The summed E-state index contributed by atoms with van der Waals surface area (Å²) in [4.78, 5) is 0. The van der Waals surface area contributed by atoms with Crippen LogP contribution in [0.25, 0.3) is 0 Å². The highest BCUT2D eigenvalue weighted by Crippen LogP contribution is 2.31. The van der Waals surface area contributed by atoms with Crippen molar-refractivity contribution >= 4 is 33.2 Å². The van der Waals surface area contributed by atoms with E-state index in [2.05, 4.69) is 27.3 Å². The Morgan fingerprint density at radius 3 is 3.05 bits per heavy atom. The van der Waals surface area contributed by atoms with Gasteiger partial charge in [0.25, 0.3) is 0 Å². The summed E-state index contributed by atoms with van der Waals surface area (Å²) in [5, 5.41) is 4.21. The zero-order valence-corrected chi connectivity index (χ0v) is 13.5. The number of hydrogen-bond acceptors (Lipinski definition) is 2. The van der Waals surface area contributed by atoms with Crippen molar-refractivity contribution in [1.82, 2.24) is 0 Å². The normalized spacial score (nSPS) is 16.6. The molecule has 2 nitrogen and oxygen atoms in total. The smallest absolute Gasteiger partial charge is 0.123 e. The van der Waals surface area contributed by atoms with Gasteiger partial charge in [0.1, 0.15) is 11.9 Å². The molecule has 0 spiro atoms. The van der Waals surface area contributed by atoms with E-state index in [1.807, 2.05) is 37.3 Å². The first-order valence-electron chi connectivity index (χ1n) is 6.57. The minimum atomic E-state index is 0.165. The van der Waals surface area contributed by atoms with Crippen LogP contribution in [-0.2, 0) is 6.42 Å². The lowest BCUT2D eigenvalue weighted by atomic mass is 10.1. The summed E-state index contributed by atoms with van der Waals surface area (Å²) in [6.45, 7) is 2.79. The predicted octanol–water partition coefficient (Wildman–Crippen LogP) is 4.83. The number of anilines is 1.